The van der Waals surface area contributed by atoms with Crippen LogP contribution in [-0.2, 0) is 22.5 Å². The minimum Gasteiger partial charge on any atom is -0.494 e. The number of hydrogen-bond acceptors (Lipinski definition) is 4. The van der Waals surface area contributed by atoms with E-state index < -0.39 is 17.9 Å². The Morgan fingerprint density at radius 1 is 1.15 bits per heavy atom. The van der Waals surface area contributed by atoms with E-state index in [0.717, 1.165) is 18.1 Å². The molecule has 0 spiro atoms. The molecule has 5 nitrogen and oxygen atoms in total. The number of methoxy groups -OCH3 is 1. The zero-order chi connectivity index (χ0) is 18.7. The predicted octanol–water partition coefficient (Wildman–Crippen LogP) is 2.96. The smallest absolute Gasteiger partial charge is 0.339 e. The van der Waals surface area contributed by atoms with Gasteiger partial charge in [-0.25, -0.2) is 9.18 Å². The first-order valence-corrected chi connectivity index (χ1v) is 8.39. The summed E-state index contributed by atoms with van der Waals surface area (Å²) in [5.41, 5.74) is 2.37. The van der Waals surface area contributed by atoms with Crippen molar-refractivity contribution >= 4 is 11.9 Å². The maximum atomic E-state index is 13.7. The lowest BCUT2D eigenvalue weighted by atomic mass is 9.99. The van der Waals surface area contributed by atoms with Crippen molar-refractivity contribution in [3.05, 3.63) is 65.0 Å². The Balaban J connectivity index is 1.64. The Morgan fingerprint density at radius 3 is 2.58 bits per heavy atom. The molecule has 0 aromatic heterocycles. The fourth-order valence-corrected chi connectivity index (χ4v) is 3.01. The Morgan fingerprint density at radius 2 is 1.88 bits per heavy atom. The van der Waals surface area contributed by atoms with Gasteiger partial charge in [-0.05, 0) is 42.7 Å². The largest absolute Gasteiger partial charge is 0.494 e. The van der Waals surface area contributed by atoms with Gasteiger partial charge in [0, 0.05) is 13.1 Å². The molecule has 2 aromatic carbocycles. The van der Waals surface area contributed by atoms with Crippen LogP contribution in [0, 0.1) is 5.82 Å². The third-order valence-corrected chi connectivity index (χ3v) is 4.46. The fraction of sp³-hybridized carbons (Fsp3) is 0.300. The first-order chi connectivity index (χ1) is 12.5. The standard InChI is InChI=1S/C20H20FNO4/c1-13(26-20(24)15-7-8-18(25-2)17(21)11-15)19(23)22-10-9-14-5-3-4-6-16(14)12-22/h3-8,11,13H,9-10,12H2,1-2H3/t13-/m0/s1. The van der Waals surface area contributed by atoms with Crippen molar-refractivity contribution in [2.45, 2.75) is 26.0 Å². The van der Waals surface area contributed by atoms with Gasteiger partial charge in [0.05, 0.1) is 12.7 Å². The summed E-state index contributed by atoms with van der Waals surface area (Å²) in [5.74, 6) is -1.63. The summed E-state index contributed by atoms with van der Waals surface area (Å²) >= 11 is 0. The second-order valence-corrected chi connectivity index (χ2v) is 6.18. The maximum Gasteiger partial charge on any atom is 0.339 e. The van der Waals surface area contributed by atoms with Crippen molar-refractivity contribution in [3.63, 3.8) is 0 Å². The molecule has 1 amide bonds. The number of carbonyl (C=O) groups excluding carboxylic acids is 2. The predicted molar refractivity (Wildman–Crippen MR) is 93.4 cm³/mol. The van der Waals surface area contributed by atoms with Gasteiger partial charge in [0.15, 0.2) is 17.7 Å². The Hall–Kier alpha value is -2.89. The number of halogens is 1. The van der Waals surface area contributed by atoms with E-state index in [9.17, 15) is 14.0 Å². The molecule has 0 N–H and O–H groups in total. The van der Waals surface area contributed by atoms with Gasteiger partial charge in [-0.15, -0.1) is 0 Å². The van der Waals surface area contributed by atoms with Gasteiger partial charge < -0.3 is 14.4 Å². The van der Waals surface area contributed by atoms with Crippen molar-refractivity contribution < 1.29 is 23.5 Å². The molecule has 1 aliphatic rings. The van der Waals surface area contributed by atoms with Gasteiger partial charge in [-0.3, -0.25) is 4.79 Å². The third kappa shape index (κ3) is 3.69. The number of fused-ring (bicyclic) bond motifs is 1. The van der Waals surface area contributed by atoms with Gasteiger partial charge in [0.25, 0.3) is 5.91 Å². The van der Waals surface area contributed by atoms with Crippen LogP contribution in [0.4, 0.5) is 4.39 Å². The van der Waals surface area contributed by atoms with Gasteiger partial charge >= 0.3 is 5.97 Å². The van der Waals surface area contributed by atoms with Crippen LogP contribution in [0.3, 0.4) is 0 Å². The van der Waals surface area contributed by atoms with E-state index in [1.54, 1.807) is 4.90 Å². The van der Waals surface area contributed by atoms with Crippen molar-refractivity contribution in [1.82, 2.24) is 4.90 Å². The third-order valence-electron chi connectivity index (χ3n) is 4.46. The highest BCUT2D eigenvalue weighted by atomic mass is 19.1. The number of carbonyl (C=O) groups is 2. The average molecular weight is 357 g/mol. The van der Waals surface area contributed by atoms with E-state index in [4.69, 9.17) is 9.47 Å². The first-order valence-electron chi connectivity index (χ1n) is 8.39. The molecule has 26 heavy (non-hydrogen) atoms. The van der Waals surface area contributed by atoms with Crippen LogP contribution < -0.4 is 4.74 Å². The van der Waals surface area contributed by atoms with Crippen molar-refractivity contribution in [3.8, 4) is 5.75 Å². The lowest BCUT2D eigenvalue weighted by molar-refractivity contribution is -0.140. The highest BCUT2D eigenvalue weighted by Crippen LogP contribution is 2.21. The summed E-state index contributed by atoms with van der Waals surface area (Å²) in [4.78, 5) is 26.5. The molecule has 136 valence electrons. The van der Waals surface area contributed by atoms with E-state index in [0.29, 0.717) is 13.1 Å². The molecular weight excluding hydrogens is 337 g/mol. The number of rotatable bonds is 4. The van der Waals surface area contributed by atoms with Crippen LogP contribution >= 0.6 is 0 Å². The molecule has 6 heteroatoms. The number of esters is 1. The fourth-order valence-electron chi connectivity index (χ4n) is 3.01. The molecule has 1 aliphatic heterocycles. The van der Waals surface area contributed by atoms with E-state index in [2.05, 4.69) is 6.07 Å². The summed E-state index contributed by atoms with van der Waals surface area (Å²) in [6.45, 7) is 2.60. The van der Waals surface area contributed by atoms with E-state index >= 15 is 0 Å². The van der Waals surface area contributed by atoms with E-state index in [1.807, 2.05) is 18.2 Å². The quantitative estimate of drug-likeness (QED) is 0.790. The van der Waals surface area contributed by atoms with Crippen LogP contribution in [-0.4, -0.2) is 36.5 Å². The Kier molecular flexibility index (Phi) is 5.21. The average Bonchev–Trinajstić information content (AvgIpc) is 2.66. The summed E-state index contributed by atoms with van der Waals surface area (Å²) in [6, 6.07) is 11.8. The molecule has 0 saturated heterocycles. The SMILES string of the molecule is COc1ccc(C(=O)O[C@@H](C)C(=O)N2CCc3ccccc3C2)cc1F. The normalized spacial score (nSPS) is 14.3. The second-order valence-electron chi connectivity index (χ2n) is 6.18. The molecule has 0 saturated carbocycles. The number of nitrogens with zero attached hydrogens (tertiary/aromatic N) is 1. The minimum atomic E-state index is -0.946. The summed E-state index contributed by atoms with van der Waals surface area (Å²) in [7, 11) is 1.34. The molecule has 3 rings (SSSR count). The molecule has 1 atom stereocenters. The molecule has 2 aromatic rings. The zero-order valence-electron chi connectivity index (χ0n) is 14.7. The zero-order valence-corrected chi connectivity index (χ0v) is 14.7. The van der Waals surface area contributed by atoms with Crippen LogP contribution in [0.25, 0.3) is 0 Å². The van der Waals surface area contributed by atoms with E-state index in [1.165, 1.54) is 31.7 Å². The second kappa shape index (κ2) is 7.56. The highest BCUT2D eigenvalue weighted by Gasteiger charge is 2.27. The van der Waals surface area contributed by atoms with Gasteiger partial charge in [-0.2, -0.15) is 0 Å². The van der Waals surface area contributed by atoms with E-state index in [-0.39, 0.29) is 17.2 Å². The maximum absolute atomic E-state index is 13.7. The minimum absolute atomic E-state index is 0.0342. The van der Waals surface area contributed by atoms with Crippen LogP contribution in [0.2, 0.25) is 0 Å². The summed E-state index contributed by atoms with van der Waals surface area (Å²) in [5, 5.41) is 0. The van der Waals surface area contributed by atoms with Gasteiger partial charge in [0.1, 0.15) is 0 Å². The van der Waals surface area contributed by atoms with Crippen molar-refractivity contribution in [1.29, 1.82) is 0 Å². The highest BCUT2D eigenvalue weighted by molar-refractivity contribution is 5.92. The lowest BCUT2D eigenvalue weighted by Gasteiger charge is -2.30. The number of ether oxygens (including phenoxy) is 2. The number of benzene rings is 2. The molecule has 0 fully saturated rings. The monoisotopic (exact) mass is 357 g/mol. The molecule has 0 bridgehead atoms. The van der Waals surface area contributed by atoms with Crippen LogP contribution in [0.1, 0.15) is 28.4 Å². The molecule has 1 heterocycles. The van der Waals surface area contributed by atoms with Crippen LogP contribution in [0.15, 0.2) is 42.5 Å². The Bertz CT molecular complexity index is 836. The van der Waals surface area contributed by atoms with Crippen molar-refractivity contribution in [2.75, 3.05) is 13.7 Å². The van der Waals surface area contributed by atoms with Crippen LogP contribution in [0.5, 0.6) is 5.75 Å². The van der Waals surface area contributed by atoms with Gasteiger partial charge in [-0.1, -0.05) is 24.3 Å². The first kappa shape index (κ1) is 17.9. The number of hydrogen-bond donors (Lipinski definition) is 0. The topological polar surface area (TPSA) is 55.8 Å². The molecule has 0 unspecified atom stereocenters. The summed E-state index contributed by atoms with van der Waals surface area (Å²) in [6.07, 6.45) is -0.176. The summed E-state index contributed by atoms with van der Waals surface area (Å²) < 4.78 is 23.8. The molecule has 0 radical (unpaired) electrons. The van der Waals surface area contributed by atoms with Crippen molar-refractivity contribution in [2.24, 2.45) is 0 Å². The Labute approximate surface area is 151 Å². The number of amides is 1. The molecule has 0 aliphatic carbocycles. The van der Waals surface area contributed by atoms with Gasteiger partial charge in [0.2, 0.25) is 0 Å². The molecular formula is C20H20FNO4. The lowest BCUT2D eigenvalue weighted by Crippen LogP contribution is -2.42.